The first-order valence-corrected chi connectivity index (χ1v) is 5.07. The second-order valence-electron chi connectivity index (χ2n) is 3.55. The van der Waals surface area contributed by atoms with Gasteiger partial charge in [-0.25, -0.2) is 0 Å². The summed E-state index contributed by atoms with van der Waals surface area (Å²) in [5.74, 6) is -0.421. The molecule has 0 fully saturated rings. The van der Waals surface area contributed by atoms with E-state index in [4.69, 9.17) is 16.2 Å². The Balaban J connectivity index is 3.09. The van der Waals surface area contributed by atoms with Crippen LogP contribution in [0.5, 0.6) is 0 Å². The lowest BCUT2D eigenvalue weighted by Gasteiger charge is -2.26. The maximum atomic E-state index is 12.4. The second-order valence-corrected chi connectivity index (χ2v) is 3.55. The average molecular weight is 262 g/mol. The highest BCUT2D eigenvalue weighted by atomic mass is 19.4. The van der Waals surface area contributed by atoms with E-state index < -0.39 is 25.2 Å². The Morgan fingerprint density at radius 1 is 1.50 bits per heavy atom. The summed E-state index contributed by atoms with van der Waals surface area (Å²) in [5.41, 5.74) is 5.31. The minimum Gasteiger partial charge on any atom is -0.395 e. The fourth-order valence-corrected chi connectivity index (χ4v) is 1.48. The van der Waals surface area contributed by atoms with Gasteiger partial charge >= 0.3 is 6.18 Å². The minimum absolute atomic E-state index is 0.0322. The number of nitrogen functional groups attached to an aromatic ring is 1. The number of amidine groups is 1. The highest BCUT2D eigenvalue weighted by Gasteiger charge is 2.31. The lowest BCUT2D eigenvalue weighted by molar-refractivity contribution is -0.119. The van der Waals surface area contributed by atoms with Crippen molar-refractivity contribution in [3.8, 4) is 0 Å². The summed E-state index contributed by atoms with van der Waals surface area (Å²) in [6, 6.07) is 2.83. The van der Waals surface area contributed by atoms with Gasteiger partial charge in [0.1, 0.15) is 18.1 Å². The van der Waals surface area contributed by atoms with Gasteiger partial charge < -0.3 is 15.7 Å². The Kier molecular flexibility index (Phi) is 4.49. The fourth-order valence-electron chi connectivity index (χ4n) is 1.48. The number of hydrogen-bond acceptors (Lipinski definition) is 4. The highest BCUT2D eigenvalue weighted by Crippen LogP contribution is 2.23. The molecule has 0 aromatic carbocycles. The van der Waals surface area contributed by atoms with Crippen LogP contribution < -0.4 is 10.6 Å². The van der Waals surface area contributed by atoms with Crippen molar-refractivity contribution in [1.29, 1.82) is 5.41 Å². The van der Waals surface area contributed by atoms with Crippen molar-refractivity contribution in [1.82, 2.24) is 4.98 Å². The van der Waals surface area contributed by atoms with E-state index in [1.54, 1.807) is 0 Å². The molecule has 100 valence electrons. The number of aromatic nitrogens is 1. The summed E-state index contributed by atoms with van der Waals surface area (Å²) >= 11 is 0. The van der Waals surface area contributed by atoms with Crippen LogP contribution in [0, 0.1) is 5.41 Å². The van der Waals surface area contributed by atoms with E-state index in [9.17, 15) is 13.2 Å². The van der Waals surface area contributed by atoms with E-state index in [0.29, 0.717) is 0 Å². The quantitative estimate of drug-likeness (QED) is 0.539. The lowest BCUT2D eigenvalue weighted by Crippen LogP contribution is -2.37. The molecule has 5 nitrogen and oxygen atoms in total. The van der Waals surface area contributed by atoms with Crippen LogP contribution in [0.1, 0.15) is 5.69 Å². The Bertz CT molecular complexity index is 422. The Hall–Kier alpha value is -1.83. The third-order valence-corrected chi connectivity index (χ3v) is 2.12. The van der Waals surface area contributed by atoms with E-state index in [1.165, 1.54) is 18.3 Å². The normalized spacial score (nSPS) is 11.3. The van der Waals surface area contributed by atoms with Gasteiger partial charge in [-0.1, -0.05) is 0 Å². The average Bonchev–Trinajstić information content (AvgIpc) is 2.26. The smallest absolute Gasteiger partial charge is 0.395 e. The number of nitrogens with zero attached hydrogens (tertiary/aromatic N) is 2. The van der Waals surface area contributed by atoms with Crippen molar-refractivity contribution in [2.24, 2.45) is 5.73 Å². The predicted molar refractivity (Wildman–Crippen MR) is 60.6 cm³/mol. The van der Waals surface area contributed by atoms with Gasteiger partial charge in [0.2, 0.25) is 0 Å². The van der Waals surface area contributed by atoms with Crippen LogP contribution in [-0.2, 0) is 0 Å². The first kappa shape index (κ1) is 14.2. The SMILES string of the molecule is N=C(N)c1ncccc1N(CCO)CC(F)(F)F. The van der Waals surface area contributed by atoms with Gasteiger partial charge in [0.05, 0.1) is 12.3 Å². The van der Waals surface area contributed by atoms with E-state index in [2.05, 4.69) is 4.98 Å². The van der Waals surface area contributed by atoms with Crippen LogP contribution in [0.25, 0.3) is 0 Å². The molecule has 1 rings (SSSR count). The second kappa shape index (κ2) is 5.67. The van der Waals surface area contributed by atoms with Crippen molar-refractivity contribution < 1.29 is 18.3 Å². The molecule has 1 aromatic rings. The molecular formula is C10H13F3N4O. The number of halogens is 3. The Labute approximate surface area is 102 Å². The Morgan fingerprint density at radius 2 is 2.17 bits per heavy atom. The van der Waals surface area contributed by atoms with Crippen molar-refractivity contribution in [3.05, 3.63) is 24.0 Å². The number of aliphatic hydroxyl groups is 1. The molecule has 1 heterocycles. The molecule has 0 bridgehead atoms. The third kappa shape index (κ3) is 3.88. The summed E-state index contributed by atoms with van der Waals surface area (Å²) in [5, 5.41) is 16.1. The van der Waals surface area contributed by atoms with E-state index in [0.717, 1.165) is 4.90 Å². The van der Waals surface area contributed by atoms with Crippen molar-refractivity contribution in [2.45, 2.75) is 6.18 Å². The van der Waals surface area contributed by atoms with Gasteiger partial charge in [-0.05, 0) is 12.1 Å². The number of nitrogens with one attached hydrogen (secondary N) is 1. The molecule has 8 heteroatoms. The van der Waals surface area contributed by atoms with E-state index >= 15 is 0 Å². The molecule has 0 saturated carbocycles. The van der Waals surface area contributed by atoms with E-state index in [1.807, 2.05) is 0 Å². The highest BCUT2D eigenvalue weighted by molar-refractivity contribution is 5.98. The molecule has 0 saturated heterocycles. The molecule has 1 aromatic heterocycles. The minimum atomic E-state index is -4.42. The summed E-state index contributed by atoms with van der Waals surface area (Å²) in [6.07, 6.45) is -3.08. The van der Waals surface area contributed by atoms with E-state index in [-0.39, 0.29) is 17.9 Å². The zero-order chi connectivity index (χ0) is 13.8. The third-order valence-electron chi connectivity index (χ3n) is 2.12. The number of alkyl halides is 3. The topological polar surface area (TPSA) is 86.2 Å². The predicted octanol–water partition coefficient (Wildman–Crippen LogP) is 0.727. The largest absolute Gasteiger partial charge is 0.405 e. The van der Waals surface area contributed by atoms with Crippen molar-refractivity contribution >= 4 is 11.5 Å². The molecule has 0 spiro atoms. The van der Waals surface area contributed by atoms with Crippen LogP contribution in [-0.4, -0.2) is 41.8 Å². The summed E-state index contributed by atoms with van der Waals surface area (Å²) in [6.45, 7) is -1.90. The van der Waals surface area contributed by atoms with Gasteiger partial charge in [-0.15, -0.1) is 0 Å². The fraction of sp³-hybridized carbons (Fsp3) is 0.400. The standard InChI is InChI=1S/C10H13F3N4O/c11-10(12,13)6-17(4-5-18)7-2-1-3-16-8(7)9(14)15/h1-3,18H,4-6H2,(H3,14,15). The summed E-state index contributed by atoms with van der Waals surface area (Å²) in [7, 11) is 0. The number of pyridine rings is 1. The van der Waals surface area contributed by atoms with Crippen LogP contribution >= 0.6 is 0 Å². The maximum absolute atomic E-state index is 12.4. The van der Waals surface area contributed by atoms with Crippen LogP contribution in [0.15, 0.2) is 18.3 Å². The molecule has 0 unspecified atom stereocenters. The molecular weight excluding hydrogens is 249 g/mol. The monoisotopic (exact) mass is 262 g/mol. The molecule has 0 aliphatic carbocycles. The number of anilines is 1. The summed E-state index contributed by atoms with van der Waals surface area (Å²) < 4.78 is 37.3. The van der Waals surface area contributed by atoms with Crippen molar-refractivity contribution in [3.63, 3.8) is 0 Å². The molecule has 0 aliphatic heterocycles. The maximum Gasteiger partial charge on any atom is 0.405 e. The van der Waals surface area contributed by atoms with Gasteiger partial charge in [-0.2, -0.15) is 13.2 Å². The van der Waals surface area contributed by atoms with Crippen molar-refractivity contribution in [2.75, 3.05) is 24.6 Å². The number of aliphatic hydroxyl groups excluding tert-OH is 1. The zero-order valence-corrected chi connectivity index (χ0v) is 9.41. The molecule has 4 N–H and O–H groups in total. The molecule has 0 aliphatic rings. The molecule has 0 atom stereocenters. The number of nitrogens with two attached hydrogens (primary N) is 1. The van der Waals surface area contributed by atoms with Gasteiger partial charge in [0.25, 0.3) is 0 Å². The van der Waals surface area contributed by atoms with Gasteiger partial charge in [-0.3, -0.25) is 10.4 Å². The Morgan fingerprint density at radius 3 is 2.67 bits per heavy atom. The van der Waals surface area contributed by atoms with Crippen LogP contribution in [0.2, 0.25) is 0 Å². The number of rotatable bonds is 5. The lowest BCUT2D eigenvalue weighted by atomic mass is 10.2. The first-order valence-electron chi connectivity index (χ1n) is 5.07. The summed E-state index contributed by atoms with van der Waals surface area (Å²) in [4.78, 5) is 4.66. The molecule has 18 heavy (non-hydrogen) atoms. The van der Waals surface area contributed by atoms with Gasteiger partial charge in [0, 0.05) is 12.7 Å². The molecule has 0 radical (unpaired) electrons. The first-order chi connectivity index (χ1) is 8.35. The van der Waals surface area contributed by atoms with Gasteiger partial charge in [0.15, 0.2) is 0 Å². The van der Waals surface area contributed by atoms with Crippen LogP contribution in [0.4, 0.5) is 18.9 Å². The number of hydrogen-bond donors (Lipinski definition) is 3. The zero-order valence-electron chi connectivity index (χ0n) is 9.41. The molecule has 0 amide bonds. The van der Waals surface area contributed by atoms with Crippen LogP contribution in [0.3, 0.4) is 0 Å².